The molecule has 7 heteroatoms. The third-order valence-corrected chi connectivity index (χ3v) is 2.51. The van der Waals surface area contributed by atoms with E-state index in [1.165, 1.54) is 20.4 Å². The van der Waals surface area contributed by atoms with Crippen LogP contribution in [0.25, 0.3) is 0 Å². The molecule has 0 radical (unpaired) electrons. The van der Waals surface area contributed by atoms with E-state index >= 15 is 0 Å². The first-order chi connectivity index (χ1) is 9.21. The van der Waals surface area contributed by atoms with Gasteiger partial charge in [0.1, 0.15) is 0 Å². The van der Waals surface area contributed by atoms with Crippen LogP contribution < -0.4 is 9.64 Å². The molecule has 7 nitrogen and oxygen atoms in total. The maximum Gasteiger partial charge on any atom is 0.307 e. The van der Waals surface area contributed by atoms with E-state index in [0.717, 1.165) is 0 Å². The summed E-state index contributed by atoms with van der Waals surface area (Å²) >= 11 is 0. The quantitative estimate of drug-likeness (QED) is 0.636. The fraction of sp³-hybridized carbons (Fsp3) is 0.583. The Balaban J connectivity index is 2.73. The van der Waals surface area contributed by atoms with Crippen molar-refractivity contribution in [3.63, 3.8) is 0 Å². The minimum Gasteiger partial charge on any atom is -0.480 e. The number of rotatable bonds is 8. The molecule has 0 spiro atoms. The molecule has 0 atom stereocenters. The summed E-state index contributed by atoms with van der Waals surface area (Å²) in [7, 11) is 4.52. The standard InChI is InChI=1S/C12H19N3O4/c1-17-7-6-15(5-4-12(16)19-3)10-8-13-9-11(14-10)18-2/h8-9H,4-7H2,1-3H3. The molecule has 0 bridgehead atoms. The van der Waals surface area contributed by atoms with Crippen LogP contribution in [-0.2, 0) is 14.3 Å². The van der Waals surface area contributed by atoms with Crippen molar-refractivity contribution < 1.29 is 19.0 Å². The van der Waals surface area contributed by atoms with Crippen LogP contribution in [0.15, 0.2) is 12.4 Å². The Bertz CT molecular complexity index is 400. The van der Waals surface area contributed by atoms with Crippen LogP contribution in [0.2, 0.25) is 0 Å². The average Bonchev–Trinajstić information content (AvgIpc) is 2.47. The molecule has 1 rings (SSSR count). The number of nitrogens with zero attached hydrogens (tertiary/aromatic N) is 3. The number of anilines is 1. The number of carbonyl (C=O) groups excluding carboxylic acids is 1. The Morgan fingerprint density at radius 2 is 2.05 bits per heavy atom. The highest BCUT2D eigenvalue weighted by Crippen LogP contribution is 2.14. The summed E-state index contributed by atoms with van der Waals surface area (Å²) in [4.78, 5) is 21.4. The van der Waals surface area contributed by atoms with Crippen LogP contribution in [0.4, 0.5) is 5.82 Å². The molecule has 0 saturated heterocycles. The van der Waals surface area contributed by atoms with E-state index in [9.17, 15) is 4.79 Å². The normalized spacial score (nSPS) is 10.1. The van der Waals surface area contributed by atoms with Crippen molar-refractivity contribution in [2.45, 2.75) is 6.42 Å². The van der Waals surface area contributed by atoms with E-state index in [1.807, 2.05) is 4.90 Å². The van der Waals surface area contributed by atoms with Gasteiger partial charge < -0.3 is 19.1 Å². The number of methoxy groups -OCH3 is 3. The summed E-state index contributed by atoms with van der Waals surface area (Å²) in [6.07, 6.45) is 3.42. The van der Waals surface area contributed by atoms with Crippen LogP contribution in [0, 0.1) is 0 Å². The molecule has 0 aliphatic heterocycles. The minimum atomic E-state index is -0.265. The lowest BCUT2D eigenvalue weighted by Crippen LogP contribution is -2.30. The fourth-order valence-corrected chi connectivity index (χ4v) is 1.46. The second-order valence-corrected chi connectivity index (χ2v) is 3.73. The number of ether oxygens (including phenoxy) is 3. The summed E-state index contributed by atoms with van der Waals surface area (Å²) in [5, 5.41) is 0. The van der Waals surface area contributed by atoms with Gasteiger partial charge in [0.2, 0.25) is 5.88 Å². The molecule has 19 heavy (non-hydrogen) atoms. The maximum absolute atomic E-state index is 11.2. The van der Waals surface area contributed by atoms with Gasteiger partial charge in [0.05, 0.1) is 39.6 Å². The van der Waals surface area contributed by atoms with Gasteiger partial charge in [-0.1, -0.05) is 0 Å². The molecular weight excluding hydrogens is 250 g/mol. The van der Waals surface area contributed by atoms with Gasteiger partial charge in [0, 0.05) is 20.2 Å². The number of aromatic nitrogens is 2. The van der Waals surface area contributed by atoms with E-state index in [-0.39, 0.29) is 12.4 Å². The molecule has 0 N–H and O–H groups in total. The Kier molecular flexibility index (Phi) is 6.59. The van der Waals surface area contributed by atoms with E-state index in [0.29, 0.717) is 31.4 Å². The van der Waals surface area contributed by atoms with Crippen LogP contribution >= 0.6 is 0 Å². The van der Waals surface area contributed by atoms with Crippen molar-refractivity contribution in [1.29, 1.82) is 0 Å². The minimum absolute atomic E-state index is 0.265. The van der Waals surface area contributed by atoms with Crippen LogP contribution in [-0.4, -0.2) is 57.0 Å². The lowest BCUT2D eigenvalue weighted by Gasteiger charge is -2.22. The molecular formula is C12H19N3O4. The lowest BCUT2D eigenvalue weighted by molar-refractivity contribution is -0.140. The Morgan fingerprint density at radius 1 is 1.26 bits per heavy atom. The molecule has 0 aliphatic carbocycles. The molecule has 106 valence electrons. The first-order valence-corrected chi connectivity index (χ1v) is 5.88. The first kappa shape index (κ1) is 15.2. The molecule has 1 heterocycles. The smallest absolute Gasteiger partial charge is 0.307 e. The summed E-state index contributed by atoms with van der Waals surface area (Å²) in [5.74, 6) is 0.802. The fourth-order valence-electron chi connectivity index (χ4n) is 1.46. The molecule has 0 aromatic carbocycles. The summed E-state index contributed by atoms with van der Waals surface area (Å²) in [5.41, 5.74) is 0. The predicted molar refractivity (Wildman–Crippen MR) is 69.3 cm³/mol. The van der Waals surface area contributed by atoms with Crippen molar-refractivity contribution in [2.75, 3.05) is 45.9 Å². The van der Waals surface area contributed by atoms with Crippen molar-refractivity contribution in [1.82, 2.24) is 9.97 Å². The summed E-state index contributed by atoms with van der Waals surface area (Å²) in [6, 6.07) is 0. The van der Waals surface area contributed by atoms with E-state index in [4.69, 9.17) is 9.47 Å². The SMILES string of the molecule is COCCN(CCC(=O)OC)c1cncc(OC)n1. The largest absolute Gasteiger partial charge is 0.480 e. The first-order valence-electron chi connectivity index (χ1n) is 5.88. The maximum atomic E-state index is 11.2. The van der Waals surface area contributed by atoms with E-state index < -0.39 is 0 Å². The Labute approximate surface area is 112 Å². The van der Waals surface area contributed by atoms with Crippen molar-refractivity contribution >= 4 is 11.8 Å². The topological polar surface area (TPSA) is 73.8 Å². The summed E-state index contributed by atoms with van der Waals surface area (Å²) in [6.45, 7) is 1.62. The van der Waals surface area contributed by atoms with Gasteiger partial charge in [-0.2, -0.15) is 4.98 Å². The third-order valence-electron chi connectivity index (χ3n) is 2.51. The second-order valence-electron chi connectivity index (χ2n) is 3.73. The predicted octanol–water partition coefficient (Wildman–Crippen LogP) is 0.501. The molecule has 1 aromatic heterocycles. The van der Waals surface area contributed by atoms with E-state index in [1.54, 1.807) is 13.3 Å². The number of esters is 1. The van der Waals surface area contributed by atoms with Crippen LogP contribution in [0.3, 0.4) is 0 Å². The molecule has 0 amide bonds. The van der Waals surface area contributed by atoms with Crippen LogP contribution in [0.5, 0.6) is 5.88 Å². The highest BCUT2D eigenvalue weighted by Gasteiger charge is 2.12. The van der Waals surface area contributed by atoms with Crippen LogP contribution in [0.1, 0.15) is 6.42 Å². The van der Waals surface area contributed by atoms with Gasteiger partial charge in [-0.3, -0.25) is 9.78 Å². The highest BCUT2D eigenvalue weighted by molar-refractivity contribution is 5.69. The Morgan fingerprint density at radius 3 is 2.68 bits per heavy atom. The van der Waals surface area contributed by atoms with E-state index in [2.05, 4.69) is 14.7 Å². The third kappa shape index (κ3) is 5.09. The molecule has 0 saturated carbocycles. The Hall–Kier alpha value is -1.89. The van der Waals surface area contributed by atoms with Gasteiger partial charge in [0.15, 0.2) is 5.82 Å². The molecule has 0 aliphatic rings. The van der Waals surface area contributed by atoms with Gasteiger partial charge in [-0.05, 0) is 0 Å². The monoisotopic (exact) mass is 269 g/mol. The zero-order valence-electron chi connectivity index (χ0n) is 11.5. The summed E-state index contributed by atoms with van der Waals surface area (Å²) < 4.78 is 14.7. The molecule has 0 fully saturated rings. The van der Waals surface area contributed by atoms with Gasteiger partial charge in [-0.15, -0.1) is 0 Å². The molecule has 1 aromatic rings. The lowest BCUT2D eigenvalue weighted by atomic mass is 10.3. The number of hydrogen-bond acceptors (Lipinski definition) is 7. The number of carbonyl (C=O) groups is 1. The average molecular weight is 269 g/mol. The van der Waals surface area contributed by atoms with Gasteiger partial charge >= 0.3 is 5.97 Å². The highest BCUT2D eigenvalue weighted by atomic mass is 16.5. The van der Waals surface area contributed by atoms with Gasteiger partial charge in [-0.25, -0.2) is 0 Å². The molecule has 0 unspecified atom stereocenters. The van der Waals surface area contributed by atoms with Crippen molar-refractivity contribution in [3.05, 3.63) is 12.4 Å². The number of hydrogen-bond donors (Lipinski definition) is 0. The van der Waals surface area contributed by atoms with Gasteiger partial charge in [0.25, 0.3) is 0 Å². The van der Waals surface area contributed by atoms with Crippen molar-refractivity contribution in [3.8, 4) is 5.88 Å². The zero-order valence-corrected chi connectivity index (χ0v) is 11.5. The second kappa shape index (κ2) is 8.25. The van der Waals surface area contributed by atoms with Crippen molar-refractivity contribution in [2.24, 2.45) is 0 Å². The zero-order chi connectivity index (χ0) is 14.1.